The van der Waals surface area contributed by atoms with Crippen LogP contribution in [0.15, 0.2) is 24.3 Å². The first kappa shape index (κ1) is 13.6. The molecular weight excluding hydrogens is 254 g/mol. The average molecular weight is 275 g/mol. The summed E-state index contributed by atoms with van der Waals surface area (Å²) in [6.07, 6.45) is 2.80. The van der Waals surface area contributed by atoms with E-state index in [0.717, 1.165) is 25.9 Å². The second-order valence-corrected chi connectivity index (χ2v) is 5.97. The van der Waals surface area contributed by atoms with E-state index in [-0.39, 0.29) is 0 Å². The molecule has 0 aromatic heterocycles. The quantitative estimate of drug-likeness (QED) is 0.915. The SMILES string of the molecule is O=C(O)C1(CN2CCCc3ccccc3C2)CCOC1. The third-order valence-corrected chi connectivity index (χ3v) is 4.52. The standard InChI is InChI=1S/C16H21NO3/c18-15(19)16(7-9-20-12-16)11-17-8-3-6-13-4-1-2-5-14(13)10-17/h1-2,4-5H,3,6-12H2,(H,18,19). The van der Waals surface area contributed by atoms with Crippen LogP contribution >= 0.6 is 0 Å². The minimum Gasteiger partial charge on any atom is -0.481 e. The van der Waals surface area contributed by atoms with Crippen LogP contribution in [0.5, 0.6) is 0 Å². The van der Waals surface area contributed by atoms with Gasteiger partial charge in [0.05, 0.1) is 6.61 Å². The zero-order valence-corrected chi connectivity index (χ0v) is 11.7. The van der Waals surface area contributed by atoms with E-state index in [1.165, 1.54) is 11.1 Å². The predicted octanol–water partition coefficient (Wildman–Crippen LogP) is 1.93. The number of hydrogen-bond acceptors (Lipinski definition) is 3. The number of rotatable bonds is 3. The van der Waals surface area contributed by atoms with Gasteiger partial charge in [0, 0.05) is 19.7 Å². The Morgan fingerprint density at radius 1 is 1.35 bits per heavy atom. The first-order valence-corrected chi connectivity index (χ1v) is 7.30. The first-order chi connectivity index (χ1) is 9.70. The lowest BCUT2D eigenvalue weighted by atomic mass is 9.86. The van der Waals surface area contributed by atoms with Gasteiger partial charge in [-0.05, 0) is 36.9 Å². The third-order valence-electron chi connectivity index (χ3n) is 4.52. The van der Waals surface area contributed by atoms with E-state index >= 15 is 0 Å². The molecule has 1 fully saturated rings. The molecule has 0 radical (unpaired) electrons. The summed E-state index contributed by atoms with van der Waals surface area (Å²) in [6.45, 7) is 3.32. The van der Waals surface area contributed by atoms with Gasteiger partial charge in [-0.3, -0.25) is 9.69 Å². The van der Waals surface area contributed by atoms with Gasteiger partial charge < -0.3 is 9.84 Å². The highest BCUT2D eigenvalue weighted by Crippen LogP contribution is 2.31. The van der Waals surface area contributed by atoms with Gasteiger partial charge in [0.15, 0.2) is 0 Å². The van der Waals surface area contributed by atoms with Crippen LogP contribution in [0.1, 0.15) is 24.0 Å². The topological polar surface area (TPSA) is 49.8 Å². The molecular formula is C16H21NO3. The maximum Gasteiger partial charge on any atom is 0.313 e. The van der Waals surface area contributed by atoms with E-state index in [2.05, 4.69) is 29.2 Å². The zero-order valence-electron chi connectivity index (χ0n) is 11.7. The Hall–Kier alpha value is -1.39. The molecule has 1 unspecified atom stereocenters. The molecule has 2 heterocycles. The van der Waals surface area contributed by atoms with Crippen molar-refractivity contribution >= 4 is 5.97 Å². The zero-order chi connectivity index (χ0) is 14.0. The van der Waals surface area contributed by atoms with Crippen molar-refractivity contribution in [1.29, 1.82) is 0 Å². The molecule has 0 bridgehead atoms. The maximum absolute atomic E-state index is 11.6. The summed E-state index contributed by atoms with van der Waals surface area (Å²) < 4.78 is 5.36. The molecule has 1 aromatic carbocycles. The molecule has 0 aliphatic carbocycles. The third kappa shape index (κ3) is 2.58. The minimum atomic E-state index is -0.715. The van der Waals surface area contributed by atoms with Crippen molar-refractivity contribution in [2.24, 2.45) is 5.41 Å². The number of aryl methyl sites for hydroxylation is 1. The summed E-state index contributed by atoms with van der Waals surface area (Å²) in [6, 6.07) is 8.49. The second-order valence-electron chi connectivity index (χ2n) is 5.97. The van der Waals surface area contributed by atoms with Crippen LogP contribution < -0.4 is 0 Å². The Kier molecular flexibility index (Phi) is 3.76. The molecule has 1 N–H and O–H groups in total. The molecule has 108 valence electrons. The minimum absolute atomic E-state index is 0.348. The number of benzene rings is 1. The molecule has 1 saturated heterocycles. The Balaban J connectivity index is 1.76. The van der Waals surface area contributed by atoms with E-state index in [1.54, 1.807) is 0 Å². The Morgan fingerprint density at radius 2 is 2.15 bits per heavy atom. The molecule has 0 saturated carbocycles. The number of aliphatic carboxylic acids is 1. The monoisotopic (exact) mass is 275 g/mol. The Bertz CT molecular complexity index is 494. The highest BCUT2D eigenvalue weighted by molar-refractivity contribution is 5.75. The normalized spacial score (nSPS) is 27.0. The number of nitrogens with zero attached hydrogens (tertiary/aromatic N) is 1. The molecule has 20 heavy (non-hydrogen) atoms. The highest BCUT2D eigenvalue weighted by atomic mass is 16.5. The lowest BCUT2D eigenvalue weighted by Gasteiger charge is -2.30. The van der Waals surface area contributed by atoms with E-state index in [0.29, 0.717) is 26.2 Å². The number of carboxylic acids is 1. The van der Waals surface area contributed by atoms with Crippen LogP contribution in [0.2, 0.25) is 0 Å². The maximum atomic E-state index is 11.6. The lowest BCUT2D eigenvalue weighted by Crippen LogP contribution is -2.43. The van der Waals surface area contributed by atoms with Crippen molar-refractivity contribution in [1.82, 2.24) is 4.90 Å². The fraction of sp³-hybridized carbons (Fsp3) is 0.562. The summed E-state index contributed by atoms with van der Waals surface area (Å²) in [7, 11) is 0. The number of hydrogen-bond donors (Lipinski definition) is 1. The number of ether oxygens (including phenoxy) is 1. The molecule has 1 atom stereocenters. The van der Waals surface area contributed by atoms with Crippen LogP contribution in [-0.2, 0) is 22.5 Å². The Labute approximate surface area is 119 Å². The summed E-state index contributed by atoms with van der Waals surface area (Å²) in [5.74, 6) is -0.715. The molecule has 4 heteroatoms. The second kappa shape index (κ2) is 5.54. The number of carbonyl (C=O) groups is 1. The predicted molar refractivity (Wildman–Crippen MR) is 75.5 cm³/mol. The summed E-state index contributed by atoms with van der Waals surface area (Å²) in [5, 5.41) is 9.55. The van der Waals surface area contributed by atoms with Crippen LogP contribution in [0.4, 0.5) is 0 Å². The van der Waals surface area contributed by atoms with Gasteiger partial charge in [0.2, 0.25) is 0 Å². The fourth-order valence-corrected chi connectivity index (χ4v) is 3.30. The van der Waals surface area contributed by atoms with E-state index in [1.807, 2.05) is 0 Å². The summed E-state index contributed by atoms with van der Waals surface area (Å²) in [5.41, 5.74) is 2.03. The van der Waals surface area contributed by atoms with Gasteiger partial charge in [-0.1, -0.05) is 24.3 Å². The van der Waals surface area contributed by atoms with E-state index < -0.39 is 11.4 Å². The largest absolute Gasteiger partial charge is 0.481 e. The van der Waals surface area contributed by atoms with Gasteiger partial charge in [0.25, 0.3) is 0 Å². The lowest BCUT2D eigenvalue weighted by molar-refractivity contribution is -0.150. The Morgan fingerprint density at radius 3 is 2.85 bits per heavy atom. The molecule has 1 aromatic rings. The van der Waals surface area contributed by atoms with Gasteiger partial charge in [-0.25, -0.2) is 0 Å². The average Bonchev–Trinajstić information content (AvgIpc) is 2.81. The molecule has 0 spiro atoms. The van der Waals surface area contributed by atoms with Crippen molar-refractivity contribution in [3.63, 3.8) is 0 Å². The smallest absolute Gasteiger partial charge is 0.313 e. The van der Waals surface area contributed by atoms with Crippen LogP contribution in [-0.4, -0.2) is 42.3 Å². The van der Waals surface area contributed by atoms with E-state index in [9.17, 15) is 9.90 Å². The molecule has 0 amide bonds. The van der Waals surface area contributed by atoms with Crippen molar-refractivity contribution in [2.45, 2.75) is 25.8 Å². The molecule has 2 aliphatic heterocycles. The van der Waals surface area contributed by atoms with Crippen molar-refractivity contribution in [3.8, 4) is 0 Å². The fourth-order valence-electron chi connectivity index (χ4n) is 3.30. The van der Waals surface area contributed by atoms with Crippen molar-refractivity contribution < 1.29 is 14.6 Å². The van der Waals surface area contributed by atoms with Crippen LogP contribution in [0.3, 0.4) is 0 Å². The van der Waals surface area contributed by atoms with Gasteiger partial charge in [0.1, 0.15) is 5.41 Å². The van der Waals surface area contributed by atoms with Crippen molar-refractivity contribution in [2.75, 3.05) is 26.3 Å². The van der Waals surface area contributed by atoms with Crippen molar-refractivity contribution in [3.05, 3.63) is 35.4 Å². The molecule has 2 aliphatic rings. The first-order valence-electron chi connectivity index (χ1n) is 7.30. The van der Waals surface area contributed by atoms with Gasteiger partial charge >= 0.3 is 5.97 Å². The number of carboxylic acid groups (broad SMARTS) is 1. The van der Waals surface area contributed by atoms with Gasteiger partial charge in [-0.2, -0.15) is 0 Å². The van der Waals surface area contributed by atoms with Gasteiger partial charge in [-0.15, -0.1) is 0 Å². The highest BCUT2D eigenvalue weighted by Gasteiger charge is 2.43. The van der Waals surface area contributed by atoms with Crippen LogP contribution in [0, 0.1) is 5.41 Å². The number of fused-ring (bicyclic) bond motifs is 1. The van der Waals surface area contributed by atoms with Crippen LogP contribution in [0.25, 0.3) is 0 Å². The molecule has 4 nitrogen and oxygen atoms in total. The summed E-state index contributed by atoms with van der Waals surface area (Å²) in [4.78, 5) is 13.9. The molecule has 3 rings (SSSR count). The van der Waals surface area contributed by atoms with E-state index in [4.69, 9.17) is 4.74 Å². The summed E-state index contributed by atoms with van der Waals surface area (Å²) >= 11 is 0.